The maximum absolute atomic E-state index is 4.58. The molecular formula is C13H17BrN2S. The van der Waals surface area contributed by atoms with Gasteiger partial charge in [-0.2, -0.15) is 0 Å². The molecule has 0 amide bonds. The summed E-state index contributed by atoms with van der Waals surface area (Å²) < 4.78 is 1.15. The van der Waals surface area contributed by atoms with E-state index in [-0.39, 0.29) is 0 Å². The smallest absolute Gasteiger partial charge is 0.156 e. The zero-order chi connectivity index (χ0) is 12.3. The molecule has 4 heteroatoms. The van der Waals surface area contributed by atoms with Gasteiger partial charge in [-0.25, -0.2) is 0 Å². The highest BCUT2D eigenvalue weighted by molar-refractivity contribution is 9.10. The molecule has 1 aliphatic rings. The molecule has 0 aliphatic carbocycles. The number of nitrogens with zero attached hydrogens (tertiary/aromatic N) is 1. The molecule has 1 aromatic carbocycles. The highest BCUT2D eigenvalue weighted by Gasteiger charge is 2.23. The second-order valence-electron chi connectivity index (χ2n) is 5.02. The molecule has 17 heavy (non-hydrogen) atoms. The number of amidine groups is 1. The number of thioether (sulfide) groups is 1. The molecule has 0 saturated heterocycles. The van der Waals surface area contributed by atoms with Crippen molar-refractivity contribution in [2.45, 2.75) is 20.4 Å². The SMILES string of the molecule is CC1(C)CN=C(NCc2ccccc2Br)SC1. The predicted molar refractivity (Wildman–Crippen MR) is 79.5 cm³/mol. The average Bonchev–Trinajstić information content (AvgIpc) is 2.30. The van der Waals surface area contributed by atoms with Gasteiger partial charge in [0, 0.05) is 23.3 Å². The van der Waals surface area contributed by atoms with Gasteiger partial charge >= 0.3 is 0 Å². The zero-order valence-electron chi connectivity index (χ0n) is 10.2. The van der Waals surface area contributed by atoms with Gasteiger partial charge in [-0.15, -0.1) is 0 Å². The normalized spacial score (nSPS) is 18.6. The van der Waals surface area contributed by atoms with Gasteiger partial charge in [0.2, 0.25) is 0 Å². The van der Waals surface area contributed by atoms with E-state index in [1.165, 1.54) is 5.56 Å². The number of benzene rings is 1. The predicted octanol–water partition coefficient (Wildman–Crippen LogP) is 3.67. The molecule has 0 radical (unpaired) electrons. The Kier molecular flexibility index (Phi) is 4.15. The molecule has 0 fully saturated rings. The van der Waals surface area contributed by atoms with Gasteiger partial charge in [0.05, 0.1) is 0 Å². The van der Waals surface area contributed by atoms with Crippen LogP contribution in [0, 0.1) is 5.41 Å². The van der Waals surface area contributed by atoms with E-state index in [1.807, 2.05) is 17.8 Å². The Bertz CT molecular complexity index is 429. The summed E-state index contributed by atoms with van der Waals surface area (Å²) in [5.41, 5.74) is 1.60. The van der Waals surface area contributed by atoms with Crippen molar-refractivity contribution in [1.82, 2.24) is 5.32 Å². The van der Waals surface area contributed by atoms with Crippen LogP contribution in [0.15, 0.2) is 33.7 Å². The summed E-state index contributed by atoms with van der Waals surface area (Å²) in [6.45, 7) is 6.26. The van der Waals surface area contributed by atoms with Crippen molar-refractivity contribution >= 4 is 32.9 Å². The molecular weight excluding hydrogens is 296 g/mol. The first-order valence-corrected chi connectivity index (χ1v) is 7.49. The second kappa shape index (κ2) is 5.44. The monoisotopic (exact) mass is 312 g/mol. The van der Waals surface area contributed by atoms with Gasteiger partial charge in [0.15, 0.2) is 5.17 Å². The molecule has 1 aliphatic heterocycles. The number of rotatable bonds is 2. The van der Waals surface area contributed by atoms with Crippen LogP contribution in [0.1, 0.15) is 19.4 Å². The number of nitrogens with one attached hydrogen (secondary N) is 1. The van der Waals surface area contributed by atoms with Gasteiger partial charge in [-0.3, -0.25) is 4.99 Å². The summed E-state index contributed by atoms with van der Waals surface area (Å²) in [6, 6.07) is 8.27. The van der Waals surface area contributed by atoms with Crippen molar-refractivity contribution in [1.29, 1.82) is 0 Å². The van der Waals surface area contributed by atoms with E-state index in [2.05, 4.69) is 58.3 Å². The van der Waals surface area contributed by atoms with E-state index >= 15 is 0 Å². The van der Waals surface area contributed by atoms with Crippen LogP contribution in [0.25, 0.3) is 0 Å². The maximum Gasteiger partial charge on any atom is 0.156 e. The van der Waals surface area contributed by atoms with E-state index in [9.17, 15) is 0 Å². The van der Waals surface area contributed by atoms with Crippen molar-refractivity contribution in [2.75, 3.05) is 12.3 Å². The molecule has 1 N–H and O–H groups in total. The lowest BCUT2D eigenvalue weighted by atomic mass is 9.97. The van der Waals surface area contributed by atoms with E-state index < -0.39 is 0 Å². The molecule has 0 bridgehead atoms. The van der Waals surface area contributed by atoms with Crippen molar-refractivity contribution in [2.24, 2.45) is 10.4 Å². The van der Waals surface area contributed by atoms with Crippen molar-refractivity contribution in [3.63, 3.8) is 0 Å². The third-order valence-corrected chi connectivity index (χ3v) is 4.88. The van der Waals surface area contributed by atoms with Crippen molar-refractivity contribution in [3.8, 4) is 0 Å². The molecule has 92 valence electrons. The standard InChI is InChI=1S/C13H17BrN2S/c1-13(2)8-16-12(17-9-13)15-7-10-5-3-4-6-11(10)14/h3-6H,7-9H2,1-2H3,(H,15,16). The van der Waals surface area contributed by atoms with Crippen LogP contribution in [0.4, 0.5) is 0 Å². The number of hydrogen-bond acceptors (Lipinski definition) is 3. The Morgan fingerprint density at radius 3 is 2.82 bits per heavy atom. The lowest BCUT2D eigenvalue weighted by molar-refractivity contribution is 0.436. The van der Waals surface area contributed by atoms with Gasteiger partial charge in [-0.1, -0.05) is 59.7 Å². The van der Waals surface area contributed by atoms with Crippen molar-refractivity contribution in [3.05, 3.63) is 34.3 Å². The van der Waals surface area contributed by atoms with Crippen LogP contribution in [0.3, 0.4) is 0 Å². The topological polar surface area (TPSA) is 24.4 Å². The fraction of sp³-hybridized carbons (Fsp3) is 0.462. The largest absolute Gasteiger partial charge is 0.361 e. The molecule has 0 atom stereocenters. The van der Waals surface area contributed by atoms with E-state index in [1.54, 1.807) is 0 Å². The second-order valence-corrected chi connectivity index (χ2v) is 6.84. The molecule has 2 nitrogen and oxygen atoms in total. The maximum atomic E-state index is 4.58. The summed E-state index contributed by atoms with van der Waals surface area (Å²) in [7, 11) is 0. The molecule has 0 saturated carbocycles. The van der Waals surface area contributed by atoms with Crippen LogP contribution in [-0.4, -0.2) is 17.5 Å². The fourth-order valence-electron chi connectivity index (χ4n) is 1.56. The minimum atomic E-state index is 0.336. The lowest BCUT2D eigenvalue weighted by Gasteiger charge is -2.27. The summed E-state index contributed by atoms with van der Waals surface area (Å²) in [5, 5.41) is 4.47. The van der Waals surface area contributed by atoms with Crippen LogP contribution in [0.2, 0.25) is 0 Å². The van der Waals surface area contributed by atoms with Crippen LogP contribution >= 0.6 is 27.7 Å². The molecule has 2 rings (SSSR count). The number of aliphatic imine (C=N–C) groups is 1. The molecule has 0 spiro atoms. The lowest BCUT2D eigenvalue weighted by Crippen LogP contribution is -2.31. The Morgan fingerprint density at radius 2 is 2.18 bits per heavy atom. The Morgan fingerprint density at radius 1 is 1.41 bits per heavy atom. The zero-order valence-corrected chi connectivity index (χ0v) is 12.6. The quantitative estimate of drug-likeness (QED) is 0.901. The third kappa shape index (κ3) is 3.75. The summed E-state index contributed by atoms with van der Waals surface area (Å²) in [6.07, 6.45) is 0. The first-order chi connectivity index (χ1) is 8.07. The van der Waals surface area contributed by atoms with Crippen molar-refractivity contribution < 1.29 is 0 Å². The van der Waals surface area contributed by atoms with E-state index in [0.29, 0.717) is 5.41 Å². The number of hydrogen-bond donors (Lipinski definition) is 1. The summed E-state index contributed by atoms with van der Waals surface area (Å²) in [4.78, 5) is 4.58. The van der Waals surface area contributed by atoms with Gasteiger partial charge in [0.1, 0.15) is 0 Å². The fourth-order valence-corrected chi connectivity index (χ4v) is 2.93. The molecule has 1 aromatic rings. The first-order valence-electron chi connectivity index (χ1n) is 5.71. The highest BCUT2D eigenvalue weighted by atomic mass is 79.9. The minimum absolute atomic E-state index is 0.336. The molecule has 0 unspecified atom stereocenters. The Balaban J connectivity index is 1.92. The summed E-state index contributed by atoms with van der Waals surface area (Å²) >= 11 is 5.37. The van der Waals surface area contributed by atoms with E-state index in [0.717, 1.165) is 28.5 Å². The number of halogens is 1. The van der Waals surface area contributed by atoms with Crippen LogP contribution in [0.5, 0.6) is 0 Å². The van der Waals surface area contributed by atoms with Gasteiger partial charge in [-0.05, 0) is 17.0 Å². The van der Waals surface area contributed by atoms with Gasteiger partial charge < -0.3 is 5.32 Å². The molecule has 1 heterocycles. The Labute approximate surface area is 115 Å². The highest BCUT2D eigenvalue weighted by Crippen LogP contribution is 2.27. The Hall–Kier alpha value is -0.480. The molecule has 0 aromatic heterocycles. The first kappa shape index (κ1) is 13.0. The van der Waals surface area contributed by atoms with Gasteiger partial charge in [0.25, 0.3) is 0 Å². The van der Waals surface area contributed by atoms with Crippen LogP contribution in [-0.2, 0) is 6.54 Å². The third-order valence-electron chi connectivity index (χ3n) is 2.64. The average molecular weight is 313 g/mol. The van der Waals surface area contributed by atoms with Crippen LogP contribution < -0.4 is 5.32 Å². The minimum Gasteiger partial charge on any atom is -0.361 e. The summed E-state index contributed by atoms with van der Waals surface area (Å²) in [5.74, 6) is 1.13. The van der Waals surface area contributed by atoms with E-state index in [4.69, 9.17) is 0 Å².